The molecule has 13 heavy (non-hydrogen) atoms. The minimum atomic E-state index is 0.198. The van der Waals surface area contributed by atoms with Crippen molar-refractivity contribution in [3.05, 3.63) is 25.1 Å². The molecular weight excluding hydrogens is 166 g/mol. The number of H-pyrrole nitrogens is 1. The van der Waals surface area contributed by atoms with Crippen LogP contribution in [0.25, 0.3) is 0 Å². The summed E-state index contributed by atoms with van der Waals surface area (Å²) in [6.45, 7) is 5.87. The van der Waals surface area contributed by atoms with E-state index in [-0.39, 0.29) is 5.92 Å². The molecule has 0 aliphatic carbocycles. The monoisotopic (exact) mass is 182 g/mol. The molecule has 1 atom stereocenters. The van der Waals surface area contributed by atoms with E-state index in [0.717, 1.165) is 12.1 Å². The van der Waals surface area contributed by atoms with Crippen molar-refractivity contribution in [2.45, 2.75) is 12.3 Å². The SMILES string of the molecule is [CH2]C(CCOCCN)c1c[nH]cn1. The zero-order chi connectivity index (χ0) is 9.52. The van der Waals surface area contributed by atoms with Gasteiger partial charge in [-0.3, -0.25) is 0 Å². The third-order valence-corrected chi connectivity index (χ3v) is 1.81. The Kier molecular flexibility index (Phi) is 4.49. The predicted molar refractivity (Wildman–Crippen MR) is 51.2 cm³/mol. The number of aromatic nitrogens is 2. The maximum atomic E-state index is 5.28. The molecule has 73 valence electrons. The van der Waals surface area contributed by atoms with E-state index in [9.17, 15) is 0 Å². The third-order valence-electron chi connectivity index (χ3n) is 1.81. The largest absolute Gasteiger partial charge is 0.380 e. The fourth-order valence-electron chi connectivity index (χ4n) is 1.05. The smallest absolute Gasteiger partial charge is 0.0923 e. The summed E-state index contributed by atoms with van der Waals surface area (Å²) in [5.74, 6) is 0.198. The molecule has 1 rings (SSSR count). The van der Waals surface area contributed by atoms with E-state index >= 15 is 0 Å². The molecule has 0 aliphatic rings. The van der Waals surface area contributed by atoms with Gasteiger partial charge in [-0.1, -0.05) is 0 Å². The first-order valence-electron chi connectivity index (χ1n) is 4.44. The Morgan fingerprint density at radius 3 is 3.08 bits per heavy atom. The van der Waals surface area contributed by atoms with Gasteiger partial charge in [0.1, 0.15) is 0 Å². The van der Waals surface area contributed by atoms with Crippen molar-refractivity contribution in [3.8, 4) is 0 Å². The maximum Gasteiger partial charge on any atom is 0.0923 e. The number of ether oxygens (including phenoxy) is 1. The van der Waals surface area contributed by atoms with Gasteiger partial charge in [-0.2, -0.15) is 0 Å². The normalized spacial score (nSPS) is 13.1. The fraction of sp³-hybridized carbons (Fsp3) is 0.556. The lowest BCUT2D eigenvalue weighted by molar-refractivity contribution is 0.136. The van der Waals surface area contributed by atoms with Crippen molar-refractivity contribution in [1.29, 1.82) is 0 Å². The van der Waals surface area contributed by atoms with Gasteiger partial charge >= 0.3 is 0 Å². The van der Waals surface area contributed by atoms with Crippen molar-refractivity contribution in [1.82, 2.24) is 9.97 Å². The van der Waals surface area contributed by atoms with E-state index in [4.69, 9.17) is 10.5 Å². The molecule has 1 unspecified atom stereocenters. The molecule has 0 amide bonds. The number of aromatic amines is 1. The van der Waals surface area contributed by atoms with Crippen LogP contribution in [0.3, 0.4) is 0 Å². The van der Waals surface area contributed by atoms with Gasteiger partial charge < -0.3 is 15.5 Å². The van der Waals surface area contributed by atoms with Gasteiger partial charge in [-0.25, -0.2) is 4.98 Å². The highest BCUT2D eigenvalue weighted by molar-refractivity contribution is 5.04. The average Bonchev–Trinajstić information content (AvgIpc) is 2.65. The van der Waals surface area contributed by atoms with E-state index in [1.807, 2.05) is 6.20 Å². The van der Waals surface area contributed by atoms with Gasteiger partial charge in [0.15, 0.2) is 0 Å². The number of nitrogens with two attached hydrogens (primary N) is 1. The van der Waals surface area contributed by atoms with Crippen LogP contribution >= 0.6 is 0 Å². The number of rotatable bonds is 6. The van der Waals surface area contributed by atoms with Crippen LogP contribution in [0.5, 0.6) is 0 Å². The quantitative estimate of drug-likeness (QED) is 0.636. The van der Waals surface area contributed by atoms with Crippen molar-refractivity contribution < 1.29 is 4.74 Å². The molecule has 1 aromatic heterocycles. The van der Waals surface area contributed by atoms with Crippen LogP contribution in [-0.2, 0) is 4.74 Å². The average molecular weight is 182 g/mol. The number of imidazole rings is 1. The zero-order valence-corrected chi connectivity index (χ0v) is 7.70. The Morgan fingerprint density at radius 1 is 1.62 bits per heavy atom. The molecule has 4 heteroatoms. The van der Waals surface area contributed by atoms with Gasteiger partial charge in [0.2, 0.25) is 0 Å². The minimum Gasteiger partial charge on any atom is -0.380 e. The van der Waals surface area contributed by atoms with Crippen LogP contribution in [0.1, 0.15) is 18.0 Å². The van der Waals surface area contributed by atoms with Crippen LogP contribution in [0.2, 0.25) is 0 Å². The molecule has 1 heterocycles. The molecule has 4 nitrogen and oxygen atoms in total. The van der Waals surface area contributed by atoms with Gasteiger partial charge in [0.05, 0.1) is 18.6 Å². The highest BCUT2D eigenvalue weighted by atomic mass is 16.5. The van der Waals surface area contributed by atoms with Crippen molar-refractivity contribution in [2.24, 2.45) is 5.73 Å². The molecule has 0 fully saturated rings. The molecule has 1 radical (unpaired) electrons. The van der Waals surface area contributed by atoms with Crippen LogP contribution in [-0.4, -0.2) is 29.7 Å². The van der Waals surface area contributed by atoms with E-state index in [1.165, 1.54) is 0 Å². The van der Waals surface area contributed by atoms with E-state index in [2.05, 4.69) is 16.9 Å². The number of nitrogens with zero attached hydrogens (tertiary/aromatic N) is 1. The predicted octanol–water partition coefficient (Wildman–Crippen LogP) is 0.693. The molecule has 0 saturated carbocycles. The summed E-state index contributed by atoms with van der Waals surface area (Å²) in [6, 6.07) is 0. The van der Waals surface area contributed by atoms with Crippen LogP contribution in [0.15, 0.2) is 12.5 Å². The molecule has 0 bridgehead atoms. The van der Waals surface area contributed by atoms with Gasteiger partial charge in [0, 0.05) is 25.3 Å². The minimum absolute atomic E-state index is 0.198. The van der Waals surface area contributed by atoms with Gasteiger partial charge in [-0.05, 0) is 13.3 Å². The molecule has 0 spiro atoms. The lowest BCUT2D eigenvalue weighted by Gasteiger charge is -2.07. The molecule has 0 aromatic carbocycles. The topological polar surface area (TPSA) is 63.9 Å². The van der Waals surface area contributed by atoms with Crippen molar-refractivity contribution in [2.75, 3.05) is 19.8 Å². The summed E-state index contributed by atoms with van der Waals surface area (Å²) in [5.41, 5.74) is 6.26. The standard InChI is InChI=1S/C9H16N3O/c1-8(2-4-13-5-3-10)9-6-11-7-12-9/h6-8H,1-5,10H2,(H,11,12). The van der Waals surface area contributed by atoms with E-state index in [0.29, 0.717) is 19.8 Å². The van der Waals surface area contributed by atoms with E-state index < -0.39 is 0 Å². The van der Waals surface area contributed by atoms with Crippen LogP contribution < -0.4 is 5.73 Å². The fourth-order valence-corrected chi connectivity index (χ4v) is 1.05. The number of nitrogens with one attached hydrogen (secondary N) is 1. The number of hydrogen-bond donors (Lipinski definition) is 2. The first-order chi connectivity index (χ1) is 6.34. The lowest BCUT2D eigenvalue weighted by Crippen LogP contribution is -2.10. The molecule has 0 aliphatic heterocycles. The highest BCUT2D eigenvalue weighted by Gasteiger charge is 2.06. The second kappa shape index (κ2) is 5.72. The zero-order valence-electron chi connectivity index (χ0n) is 7.70. The van der Waals surface area contributed by atoms with Crippen LogP contribution in [0.4, 0.5) is 0 Å². The molecule has 0 saturated heterocycles. The Bertz CT molecular complexity index is 211. The highest BCUT2D eigenvalue weighted by Crippen LogP contribution is 2.14. The Labute approximate surface area is 78.5 Å². The van der Waals surface area contributed by atoms with Gasteiger partial charge in [-0.15, -0.1) is 0 Å². The summed E-state index contributed by atoms with van der Waals surface area (Å²) in [5, 5.41) is 0. The lowest BCUT2D eigenvalue weighted by atomic mass is 10.1. The van der Waals surface area contributed by atoms with E-state index in [1.54, 1.807) is 6.33 Å². The summed E-state index contributed by atoms with van der Waals surface area (Å²) >= 11 is 0. The second-order valence-corrected chi connectivity index (χ2v) is 2.88. The Hall–Kier alpha value is -0.870. The maximum absolute atomic E-state index is 5.28. The van der Waals surface area contributed by atoms with Crippen molar-refractivity contribution >= 4 is 0 Å². The summed E-state index contributed by atoms with van der Waals surface area (Å²) < 4.78 is 5.25. The molecule has 3 N–H and O–H groups in total. The van der Waals surface area contributed by atoms with Gasteiger partial charge in [0.25, 0.3) is 0 Å². The van der Waals surface area contributed by atoms with Crippen molar-refractivity contribution in [3.63, 3.8) is 0 Å². The first-order valence-corrected chi connectivity index (χ1v) is 4.44. The van der Waals surface area contributed by atoms with Crippen LogP contribution in [0, 0.1) is 6.92 Å². The first kappa shape index (κ1) is 10.2. The third kappa shape index (κ3) is 3.57. The number of hydrogen-bond acceptors (Lipinski definition) is 3. The molecular formula is C9H16N3O. The summed E-state index contributed by atoms with van der Waals surface area (Å²) in [7, 11) is 0. The molecule has 1 aromatic rings. The Balaban J connectivity index is 2.15. The summed E-state index contributed by atoms with van der Waals surface area (Å²) in [4.78, 5) is 7.02. The Morgan fingerprint density at radius 2 is 2.46 bits per heavy atom. The summed E-state index contributed by atoms with van der Waals surface area (Å²) in [6.07, 6.45) is 4.40. The second-order valence-electron chi connectivity index (χ2n) is 2.88.